The van der Waals surface area contributed by atoms with Gasteiger partial charge in [0, 0.05) is 37.3 Å². The Morgan fingerprint density at radius 2 is 1.65 bits per heavy atom. The molecule has 0 amide bonds. The van der Waals surface area contributed by atoms with Gasteiger partial charge in [-0.15, -0.1) is 12.4 Å². The zero-order valence-corrected chi connectivity index (χ0v) is 15.5. The van der Waals surface area contributed by atoms with E-state index in [-0.39, 0.29) is 23.9 Å². The van der Waals surface area contributed by atoms with Crippen LogP contribution in [0.25, 0.3) is 0 Å². The Bertz CT molecular complexity index is 523. The molecule has 0 bridgehead atoms. The molecule has 1 aromatic rings. The number of benzene rings is 1. The Hall–Kier alpha value is -1.17. The topological polar surface area (TPSA) is 57.0 Å². The number of likely N-dealkylation sites (tertiary alicyclic amines) is 1. The first kappa shape index (κ1) is 19.9. The SMILES string of the molecule is COc1cc(OC)c(OC)cc1CN1CCC(N)C(C)(C)C1.Cl. The van der Waals surface area contributed by atoms with Gasteiger partial charge in [0.25, 0.3) is 0 Å². The first-order valence-electron chi connectivity index (χ1n) is 7.68. The highest BCUT2D eigenvalue weighted by Gasteiger charge is 2.33. The Labute approximate surface area is 145 Å². The highest BCUT2D eigenvalue weighted by molar-refractivity contribution is 5.85. The predicted molar refractivity (Wildman–Crippen MR) is 95.0 cm³/mol. The van der Waals surface area contributed by atoms with Gasteiger partial charge in [0.1, 0.15) is 5.75 Å². The van der Waals surface area contributed by atoms with Crippen LogP contribution in [0.2, 0.25) is 0 Å². The molecule has 1 fully saturated rings. The summed E-state index contributed by atoms with van der Waals surface area (Å²) in [6.45, 7) is 7.26. The molecule has 1 atom stereocenters. The summed E-state index contributed by atoms with van der Waals surface area (Å²) in [7, 11) is 4.96. The Morgan fingerprint density at radius 3 is 2.17 bits per heavy atom. The van der Waals surface area contributed by atoms with E-state index in [0.717, 1.165) is 43.1 Å². The number of hydrogen-bond acceptors (Lipinski definition) is 5. The molecular weight excluding hydrogens is 316 g/mol. The van der Waals surface area contributed by atoms with Crippen molar-refractivity contribution in [3.8, 4) is 17.2 Å². The summed E-state index contributed by atoms with van der Waals surface area (Å²) >= 11 is 0. The lowest BCUT2D eigenvalue weighted by molar-refractivity contribution is 0.0891. The summed E-state index contributed by atoms with van der Waals surface area (Å²) in [4.78, 5) is 2.42. The van der Waals surface area contributed by atoms with Crippen molar-refractivity contribution in [2.45, 2.75) is 32.9 Å². The molecule has 23 heavy (non-hydrogen) atoms. The summed E-state index contributed by atoms with van der Waals surface area (Å²) in [5.74, 6) is 2.24. The van der Waals surface area contributed by atoms with Crippen LogP contribution in [0, 0.1) is 5.41 Å². The van der Waals surface area contributed by atoms with Gasteiger partial charge in [0.2, 0.25) is 0 Å². The molecule has 1 aliphatic rings. The van der Waals surface area contributed by atoms with Crippen LogP contribution in [0.1, 0.15) is 25.8 Å². The van der Waals surface area contributed by atoms with Gasteiger partial charge in [-0.1, -0.05) is 13.8 Å². The lowest BCUT2D eigenvalue weighted by Gasteiger charge is -2.42. The average molecular weight is 345 g/mol. The molecule has 1 heterocycles. The third kappa shape index (κ3) is 4.43. The fraction of sp³-hybridized carbons (Fsp3) is 0.647. The molecule has 2 rings (SSSR count). The minimum atomic E-state index is 0. The molecule has 0 aromatic heterocycles. The van der Waals surface area contributed by atoms with Crippen molar-refractivity contribution in [2.75, 3.05) is 34.4 Å². The molecule has 5 nitrogen and oxygen atoms in total. The molecular formula is C17H29ClN2O3. The van der Waals surface area contributed by atoms with Crippen molar-refractivity contribution in [3.05, 3.63) is 17.7 Å². The average Bonchev–Trinajstić information content (AvgIpc) is 2.50. The van der Waals surface area contributed by atoms with E-state index in [1.807, 2.05) is 12.1 Å². The van der Waals surface area contributed by atoms with Crippen LogP contribution >= 0.6 is 12.4 Å². The molecule has 2 N–H and O–H groups in total. The standard InChI is InChI=1S/C17H28N2O3.ClH/c1-17(2)11-19(7-6-16(17)18)10-12-8-14(21-4)15(22-5)9-13(12)20-3;/h8-9,16H,6-7,10-11,18H2,1-5H3;1H. The van der Waals surface area contributed by atoms with Crippen molar-refractivity contribution >= 4 is 12.4 Å². The van der Waals surface area contributed by atoms with Crippen LogP contribution in [0.15, 0.2) is 12.1 Å². The highest BCUT2D eigenvalue weighted by atomic mass is 35.5. The van der Waals surface area contributed by atoms with E-state index >= 15 is 0 Å². The molecule has 1 saturated heterocycles. The van der Waals surface area contributed by atoms with Gasteiger partial charge in [-0.3, -0.25) is 4.90 Å². The number of ether oxygens (including phenoxy) is 3. The number of hydrogen-bond donors (Lipinski definition) is 1. The maximum Gasteiger partial charge on any atom is 0.164 e. The van der Waals surface area contributed by atoms with Crippen LogP contribution < -0.4 is 19.9 Å². The quantitative estimate of drug-likeness (QED) is 0.890. The number of methoxy groups -OCH3 is 3. The lowest BCUT2D eigenvalue weighted by atomic mass is 9.79. The summed E-state index contributed by atoms with van der Waals surface area (Å²) < 4.78 is 16.3. The van der Waals surface area contributed by atoms with Gasteiger partial charge >= 0.3 is 0 Å². The Balaban J connectivity index is 0.00000264. The maximum atomic E-state index is 6.22. The normalized spacial score (nSPS) is 20.5. The minimum Gasteiger partial charge on any atom is -0.496 e. The molecule has 1 aromatic carbocycles. The predicted octanol–water partition coefficient (Wildman–Crippen LogP) is 2.69. The zero-order chi connectivity index (χ0) is 16.3. The van der Waals surface area contributed by atoms with E-state index in [9.17, 15) is 0 Å². The minimum absolute atomic E-state index is 0. The van der Waals surface area contributed by atoms with E-state index in [0.29, 0.717) is 5.75 Å². The summed E-state index contributed by atoms with van der Waals surface area (Å²) in [5.41, 5.74) is 7.45. The van der Waals surface area contributed by atoms with E-state index < -0.39 is 0 Å². The number of nitrogens with two attached hydrogens (primary N) is 1. The first-order chi connectivity index (χ1) is 10.4. The van der Waals surface area contributed by atoms with Gasteiger partial charge in [0.15, 0.2) is 11.5 Å². The number of rotatable bonds is 5. The lowest BCUT2D eigenvalue weighted by Crippen LogP contribution is -2.52. The Kier molecular flexibility index (Phi) is 6.99. The van der Waals surface area contributed by atoms with E-state index in [4.69, 9.17) is 19.9 Å². The molecule has 0 radical (unpaired) electrons. The second kappa shape index (κ2) is 8.08. The van der Waals surface area contributed by atoms with Crippen LogP contribution in [0.4, 0.5) is 0 Å². The maximum absolute atomic E-state index is 6.22. The number of nitrogens with zero attached hydrogens (tertiary/aromatic N) is 1. The van der Waals surface area contributed by atoms with Crippen molar-refractivity contribution < 1.29 is 14.2 Å². The molecule has 1 unspecified atom stereocenters. The van der Waals surface area contributed by atoms with Gasteiger partial charge in [-0.2, -0.15) is 0 Å². The van der Waals surface area contributed by atoms with Crippen molar-refractivity contribution in [1.82, 2.24) is 4.90 Å². The Morgan fingerprint density at radius 1 is 1.09 bits per heavy atom. The fourth-order valence-corrected chi connectivity index (χ4v) is 3.08. The van der Waals surface area contributed by atoms with E-state index in [1.54, 1.807) is 21.3 Å². The van der Waals surface area contributed by atoms with E-state index in [2.05, 4.69) is 18.7 Å². The number of halogens is 1. The van der Waals surface area contributed by atoms with Crippen molar-refractivity contribution in [2.24, 2.45) is 11.1 Å². The summed E-state index contributed by atoms with van der Waals surface area (Å²) in [6.07, 6.45) is 1.02. The largest absolute Gasteiger partial charge is 0.496 e. The number of piperidine rings is 1. The first-order valence-corrected chi connectivity index (χ1v) is 7.68. The van der Waals surface area contributed by atoms with Crippen LogP contribution in [-0.4, -0.2) is 45.4 Å². The van der Waals surface area contributed by atoms with Gasteiger partial charge in [-0.25, -0.2) is 0 Å². The van der Waals surface area contributed by atoms with Crippen LogP contribution in [0.3, 0.4) is 0 Å². The third-order valence-electron chi connectivity index (χ3n) is 4.57. The van der Waals surface area contributed by atoms with Crippen molar-refractivity contribution in [1.29, 1.82) is 0 Å². The monoisotopic (exact) mass is 344 g/mol. The summed E-state index contributed by atoms with van der Waals surface area (Å²) in [5, 5.41) is 0. The highest BCUT2D eigenvalue weighted by Crippen LogP contribution is 2.36. The van der Waals surface area contributed by atoms with Crippen LogP contribution in [0.5, 0.6) is 17.2 Å². The second-order valence-electron chi connectivity index (χ2n) is 6.61. The third-order valence-corrected chi connectivity index (χ3v) is 4.57. The van der Waals surface area contributed by atoms with Gasteiger partial charge in [0.05, 0.1) is 21.3 Å². The smallest absolute Gasteiger partial charge is 0.164 e. The van der Waals surface area contributed by atoms with Crippen LogP contribution in [-0.2, 0) is 6.54 Å². The molecule has 0 spiro atoms. The van der Waals surface area contributed by atoms with Gasteiger partial charge in [-0.05, 0) is 17.9 Å². The molecule has 1 aliphatic heterocycles. The van der Waals surface area contributed by atoms with E-state index in [1.165, 1.54) is 0 Å². The second-order valence-corrected chi connectivity index (χ2v) is 6.61. The fourth-order valence-electron chi connectivity index (χ4n) is 3.08. The summed E-state index contributed by atoms with van der Waals surface area (Å²) in [6, 6.07) is 4.14. The van der Waals surface area contributed by atoms with Gasteiger partial charge < -0.3 is 19.9 Å². The molecule has 6 heteroatoms. The molecule has 132 valence electrons. The zero-order valence-electron chi connectivity index (χ0n) is 14.7. The molecule has 0 aliphatic carbocycles. The van der Waals surface area contributed by atoms with Crippen molar-refractivity contribution in [3.63, 3.8) is 0 Å². The molecule has 0 saturated carbocycles.